The maximum atomic E-state index is 6.02. The molecule has 0 aromatic heterocycles. The Balaban J connectivity index is 1.23. The van der Waals surface area contributed by atoms with E-state index >= 15 is 0 Å². The number of hydrogen-bond donors (Lipinski definition) is 2. The molecule has 0 bridgehead atoms. The minimum absolute atomic E-state index is 0.632. The summed E-state index contributed by atoms with van der Waals surface area (Å²) in [6.07, 6.45) is 4.70. The van der Waals surface area contributed by atoms with Crippen molar-refractivity contribution in [3.8, 4) is 23.0 Å². The van der Waals surface area contributed by atoms with Gasteiger partial charge in [-0.05, 0) is 64.4 Å². The lowest BCUT2D eigenvalue weighted by Crippen LogP contribution is -2.17. The topological polar surface area (TPSA) is 61.0 Å². The van der Waals surface area contributed by atoms with Crippen LogP contribution >= 0.6 is 0 Å². The van der Waals surface area contributed by atoms with Gasteiger partial charge < -0.3 is 29.6 Å². The van der Waals surface area contributed by atoms with Gasteiger partial charge in [-0.15, -0.1) is 0 Å². The van der Waals surface area contributed by atoms with Gasteiger partial charge in [-0.2, -0.15) is 0 Å². The lowest BCUT2D eigenvalue weighted by Gasteiger charge is -2.17. The largest absolute Gasteiger partial charge is 0.493 e. The zero-order valence-electron chi connectivity index (χ0n) is 25.9. The summed E-state index contributed by atoms with van der Waals surface area (Å²) in [4.78, 5) is 0. The third-order valence-corrected chi connectivity index (χ3v) is 7.41. The Kier molecular flexibility index (Phi) is 12.6. The van der Waals surface area contributed by atoms with E-state index in [9.17, 15) is 0 Å². The van der Waals surface area contributed by atoms with E-state index in [1.807, 2.05) is 39.8 Å². The maximum absolute atomic E-state index is 6.02. The highest BCUT2D eigenvalue weighted by Crippen LogP contribution is 2.37. The van der Waals surface area contributed by atoms with Crippen LogP contribution in [0.2, 0.25) is 0 Å². The second-order valence-corrected chi connectivity index (χ2v) is 10.3. The van der Waals surface area contributed by atoms with E-state index in [4.69, 9.17) is 18.9 Å². The third-order valence-electron chi connectivity index (χ3n) is 7.41. The van der Waals surface area contributed by atoms with E-state index in [-0.39, 0.29) is 0 Å². The predicted molar refractivity (Wildman–Crippen MR) is 174 cm³/mol. The minimum Gasteiger partial charge on any atom is -0.493 e. The van der Waals surface area contributed by atoms with Crippen molar-refractivity contribution in [3.63, 3.8) is 0 Å². The van der Waals surface area contributed by atoms with Crippen molar-refractivity contribution < 1.29 is 18.9 Å². The zero-order chi connectivity index (χ0) is 29.6. The van der Waals surface area contributed by atoms with Gasteiger partial charge in [0.2, 0.25) is 0 Å². The van der Waals surface area contributed by atoms with Crippen LogP contribution in [0.3, 0.4) is 0 Å². The van der Waals surface area contributed by atoms with E-state index in [0.29, 0.717) is 26.4 Å². The molecular formula is C36H48N2O4. The Bertz CT molecular complexity index is 1300. The highest BCUT2D eigenvalue weighted by Gasteiger charge is 2.15. The molecule has 0 aliphatic heterocycles. The Morgan fingerprint density at radius 2 is 0.810 bits per heavy atom. The number of nitrogens with one attached hydrogen (secondary N) is 2. The van der Waals surface area contributed by atoms with Crippen LogP contribution in [-0.2, 0) is 13.1 Å². The Hall–Kier alpha value is -3.48. The van der Waals surface area contributed by atoms with Gasteiger partial charge in [0.05, 0.1) is 26.4 Å². The summed E-state index contributed by atoms with van der Waals surface area (Å²) in [5.74, 6) is 3.59. The van der Waals surface area contributed by atoms with Crippen LogP contribution in [-0.4, -0.2) is 39.5 Å². The van der Waals surface area contributed by atoms with Crippen molar-refractivity contribution in [2.24, 2.45) is 0 Å². The first-order valence-corrected chi connectivity index (χ1v) is 15.7. The average molecular weight is 573 g/mol. The van der Waals surface area contributed by atoms with E-state index in [1.54, 1.807) is 0 Å². The Morgan fingerprint density at radius 1 is 0.452 bits per heavy atom. The Labute approximate surface area is 251 Å². The molecule has 0 spiro atoms. The molecule has 0 heterocycles. The standard InChI is InChI=1S/C36H48N2O4/c1-5-39-33-23-35(41-7-3)31(27-17-11-13-19-29(27)33)25-37-21-15-9-10-16-22-38-26-32-28-18-12-14-20-30(28)34(40-6-2)24-36(32)42-8-4/h11-14,17-20,23-24,37-38H,5-10,15-16,21-22,25-26H2,1-4H3. The van der Waals surface area contributed by atoms with Gasteiger partial charge in [-0.3, -0.25) is 0 Å². The summed E-state index contributed by atoms with van der Waals surface area (Å²) >= 11 is 0. The average Bonchev–Trinajstić information content (AvgIpc) is 3.01. The molecule has 6 nitrogen and oxygen atoms in total. The molecular weight excluding hydrogens is 524 g/mol. The lowest BCUT2D eigenvalue weighted by molar-refractivity contribution is 0.322. The van der Waals surface area contributed by atoms with Crippen LogP contribution in [0.25, 0.3) is 21.5 Å². The molecule has 42 heavy (non-hydrogen) atoms. The summed E-state index contributed by atoms with van der Waals surface area (Å²) in [6, 6.07) is 21.0. The van der Waals surface area contributed by atoms with Crippen molar-refractivity contribution in [1.82, 2.24) is 10.6 Å². The summed E-state index contributed by atoms with van der Waals surface area (Å²) in [5, 5.41) is 12.0. The molecule has 0 unspecified atom stereocenters. The van der Waals surface area contributed by atoms with Crippen LogP contribution in [0.15, 0.2) is 60.7 Å². The molecule has 6 heteroatoms. The minimum atomic E-state index is 0.632. The maximum Gasteiger partial charge on any atom is 0.130 e. The molecule has 4 aromatic carbocycles. The number of fused-ring (bicyclic) bond motifs is 2. The van der Waals surface area contributed by atoms with Gasteiger partial charge in [0.25, 0.3) is 0 Å². The highest BCUT2D eigenvalue weighted by molar-refractivity contribution is 5.94. The summed E-state index contributed by atoms with van der Waals surface area (Å²) < 4.78 is 23.9. The third kappa shape index (κ3) is 8.08. The molecule has 2 N–H and O–H groups in total. The fraction of sp³-hybridized carbons (Fsp3) is 0.444. The first kappa shape index (κ1) is 31.5. The van der Waals surface area contributed by atoms with E-state index in [2.05, 4.69) is 59.2 Å². The SMILES string of the molecule is CCOc1cc(OCC)c2ccccc2c1CNCCCCCCNCc1c(OCC)cc(OCC)c2ccccc12. The molecule has 0 amide bonds. The van der Waals surface area contributed by atoms with Gasteiger partial charge in [0.15, 0.2) is 0 Å². The van der Waals surface area contributed by atoms with Crippen LogP contribution in [0.4, 0.5) is 0 Å². The number of unbranched alkanes of at least 4 members (excludes halogenated alkanes) is 3. The number of hydrogen-bond acceptors (Lipinski definition) is 6. The van der Waals surface area contributed by atoms with E-state index in [0.717, 1.165) is 72.8 Å². The number of rotatable bonds is 19. The normalized spacial score (nSPS) is 11.2. The predicted octanol–water partition coefficient (Wildman–Crippen LogP) is 8.03. The summed E-state index contributed by atoms with van der Waals surface area (Å²) in [5.41, 5.74) is 2.40. The summed E-state index contributed by atoms with van der Waals surface area (Å²) in [7, 11) is 0. The molecule has 0 saturated heterocycles. The lowest BCUT2D eigenvalue weighted by atomic mass is 10.0. The van der Waals surface area contributed by atoms with Crippen LogP contribution < -0.4 is 29.6 Å². The number of ether oxygens (including phenoxy) is 4. The quantitative estimate of drug-likeness (QED) is 0.111. The van der Waals surface area contributed by atoms with Gasteiger partial charge in [0.1, 0.15) is 23.0 Å². The van der Waals surface area contributed by atoms with E-state index < -0.39 is 0 Å². The molecule has 4 rings (SSSR count). The molecule has 226 valence electrons. The van der Waals surface area contributed by atoms with Crippen LogP contribution in [0.5, 0.6) is 23.0 Å². The molecule has 0 aliphatic rings. The van der Waals surface area contributed by atoms with Crippen molar-refractivity contribution in [2.45, 2.75) is 66.5 Å². The fourth-order valence-corrected chi connectivity index (χ4v) is 5.52. The smallest absolute Gasteiger partial charge is 0.130 e. The van der Waals surface area contributed by atoms with Crippen LogP contribution in [0, 0.1) is 0 Å². The van der Waals surface area contributed by atoms with Gasteiger partial charge in [0, 0.05) is 47.1 Å². The van der Waals surface area contributed by atoms with Crippen molar-refractivity contribution in [3.05, 3.63) is 71.8 Å². The summed E-state index contributed by atoms with van der Waals surface area (Å²) in [6.45, 7) is 14.1. The molecule has 0 fully saturated rings. The first-order valence-electron chi connectivity index (χ1n) is 15.7. The monoisotopic (exact) mass is 572 g/mol. The molecule has 0 saturated carbocycles. The van der Waals surface area contributed by atoms with Crippen molar-refractivity contribution in [1.29, 1.82) is 0 Å². The van der Waals surface area contributed by atoms with Gasteiger partial charge in [-0.1, -0.05) is 61.4 Å². The zero-order valence-corrected chi connectivity index (χ0v) is 25.9. The van der Waals surface area contributed by atoms with Crippen LogP contribution in [0.1, 0.15) is 64.5 Å². The molecule has 0 atom stereocenters. The first-order chi connectivity index (χ1) is 20.7. The molecule has 0 aliphatic carbocycles. The van der Waals surface area contributed by atoms with E-state index in [1.165, 1.54) is 34.7 Å². The van der Waals surface area contributed by atoms with Gasteiger partial charge >= 0.3 is 0 Å². The van der Waals surface area contributed by atoms with Crippen molar-refractivity contribution in [2.75, 3.05) is 39.5 Å². The second kappa shape index (κ2) is 16.8. The molecule has 4 aromatic rings. The molecule has 0 radical (unpaired) electrons. The second-order valence-electron chi connectivity index (χ2n) is 10.3. The highest BCUT2D eigenvalue weighted by atomic mass is 16.5. The van der Waals surface area contributed by atoms with Crippen molar-refractivity contribution >= 4 is 21.5 Å². The Morgan fingerprint density at radius 3 is 1.19 bits per heavy atom. The van der Waals surface area contributed by atoms with Gasteiger partial charge in [-0.25, -0.2) is 0 Å². The number of benzene rings is 4. The fourth-order valence-electron chi connectivity index (χ4n) is 5.52.